The van der Waals surface area contributed by atoms with Gasteiger partial charge in [-0.2, -0.15) is 0 Å². The van der Waals surface area contributed by atoms with E-state index in [9.17, 15) is 8.78 Å². The number of aromatic amines is 1. The van der Waals surface area contributed by atoms with Crippen molar-refractivity contribution in [2.24, 2.45) is 0 Å². The SMILES string of the molecule is Fc1ccc(-c2nc3c(F)cccc3[nH]2)c(I)c1. The molecular weight excluding hydrogens is 349 g/mol. The fourth-order valence-corrected chi connectivity index (χ4v) is 2.54. The van der Waals surface area contributed by atoms with Gasteiger partial charge < -0.3 is 4.98 Å². The normalized spacial score (nSPS) is 11.1. The van der Waals surface area contributed by atoms with Crippen LogP contribution in [-0.2, 0) is 0 Å². The van der Waals surface area contributed by atoms with Crippen molar-refractivity contribution in [1.82, 2.24) is 9.97 Å². The largest absolute Gasteiger partial charge is 0.338 e. The third-order valence-corrected chi connectivity index (χ3v) is 3.54. The summed E-state index contributed by atoms with van der Waals surface area (Å²) in [5.74, 6) is -0.128. The van der Waals surface area contributed by atoms with E-state index in [1.54, 1.807) is 18.2 Å². The minimum Gasteiger partial charge on any atom is -0.338 e. The summed E-state index contributed by atoms with van der Waals surface area (Å²) in [6.45, 7) is 0. The molecule has 3 aromatic rings. The molecule has 2 nitrogen and oxygen atoms in total. The van der Waals surface area contributed by atoms with E-state index in [2.05, 4.69) is 9.97 Å². The molecule has 1 heterocycles. The first kappa shape index (κ1) is 11.6. The highest BCUT2D eigenvalue weighted by Gasteiger charge is 2.11. The Balaban J connectivity index is 2.23. The Morgan fingerprint density at radius 1 is 1.11 bits per heavy atom. The Kier molecular flexibility index (Phi) is 2.77. The van der Waals surface area contributed by atoms with E-state index < -0.39 is 0 Å². The van der Waals surface area contributed by atoms with Crippen LogP contribution < -0.4 is 0 Å². The van der Waals surface area contributed by atoms with E-state index in [-0.39, 0.29) is 11.6 Å². The number of nitrogens with one attached hydrogen (secondary N) is 1. The van der Waals surface area contributed by atoms with Crippen LogP contribution >= 0.6 is 22.6 Å². The molecular formula is C13H7F2IN2. The number of H-pyrrole nitrogens is 1. The molecule has 0 aliphatic rings. The Morgan fingerprint density at radius 2 is 1.94 bits per heavy atom. The number of rotatable bonds is 1. The molecule has 0 fully saturated rings. The summed E-state index contributed by atoms with van der Waals surface area (Å²) >= 11 is 2.03. The lowest BCUT2D eigenvalue weighted by atomic mass is 10.2. The molecule has 5 heteroatoms. The maximum absolute atomic E-state index is 13.5. The lowest BCUT2D eigenvalue weighted by Gasteiger charge is -2.00. The van der Waals surface area contributed by atoms with Gasteiger partial charge in [-0.05, 0) is 52.9 Å². The van der Waals surface area contributed by atoms with Crippen molar-refractivity contribution in [3.8, 4) is 11.4 Å². The monoisotopic (exact) mass is 356 g/mol. The number of halogens is 3. The lowest BCUT2D eigenvalue weighted by Crippen LogP contribution is -1.86. The number of benzene rings is 2. The van der Waals surface area contributed by atoms with Crippen LogP contribution in [0.25, 0.3) is 22.4 Å². The molecule has 0 saturated carbocycles. The molecule has 18 heavy (non-hydrogen) atoms. The van der Waals surface area contributed by atoms with Crippen LogP contribution in [0, 0.1) is 15.2 Å². The topological polar surface area (TPSA) is 28.7 Å². The number of para-hydroxylation sites is 1. The van der Waals surface area contributed by atoms with Gasteiger partial charge in [-0.25, -0.2) is 13.8 Å². The Bertz CT molecular complexity index is 737. The Morgan fingerprint density at radius 3 is 2.67 bits per heavy atom. The summed E-state index contributed by atoms with van der Waals surface area (Å²) in [7, 11) is 0. The molecule has 0 radical (unpaired) electrons. The molecule has 0 unspecified atom stereocenters. The number of hydrogen-bond donors (Lipinski definition) is 1. The average Bonchev–Trinajstić information content (AvgIpc) is 2.74. The van der Waals surface area contributed by atoms with Crippen LogP contribution in [0.5, 0.6) is 0 Å². The minimum atomic E-state index is -0.368. The lowest BCUT2D eigenvalue weighted by molar-refractivity contribution is 0.627. The number of aromatic nitrogens is 2. The highest BCUT2D eigenvalue weighted by Crippen LogP contribution is 2.26. The van der Waals surface area contributed by atoms with Crippen LogP contribution in [0.4, 0.5) is 8.78 Å². The van der Waals surface area contributed by atoms with E-state index >= 15 is 0 Å². The van der Waals surface area contributed by atoms with Gasteiger partial charge >= 0.3 is 0 Å². The zero-order chi connectivity index (χ0) is 12.7. The summed E-state index contributed by atoms with van der Waals surface area (Å²) in [5, 5.41) is 0. The summed E-state index contributed by atoms with van der Waals surface area (Å²) in [6.07, 6.45) is 0. The second kappa shape index (κ2) is 4.31. The van der Waals surface area contributed by atoms with Gasteiger partial charge in [0.2, 0.25) is 0 Å². The first-order chi connectivity index (χ1) is 8.65. The molecule has 3 rings (SSSR count). The van der Waals surface area contributed by atoms with E-state index in [1.807, 2.05) is 22.6 Å². The molecule has 1 aromatic heterocycles. The highest BCUT2D eigenvalue weighted by molar-refractivity contribution is 14.1. The first-order valence-corrected chi connectivity index (χ1v) is 6.32. The van der Waals surface area contributed by atoms with E-state index in [0.29, 0.717) is 16.9 Å². The highest BCUT2D eigenvalue weighted by atomic mass is 127. The standard InChI is InChI=1S/C13H7F2IN2/c14-7-4-5-8(10(16)6-7)13-17-11-3-1-2-9(15)12(11)18-13/h1-6H,(H,17,18). The molecule has 0 aliphatic carbocycles. The molecule has 0 amide bonds. The Labute approximate surface area is 115 Å². The van der Waals surface area contributed by atoms with Crippen LogP contribution in [0.3, 0.4) is 0 Å². The number of nitrogens with zero attached hydrogens (tertiary/aromatic N) is 1. The van der Waals surface area contributed by atoms with Crippen LogP contribution in [0.1, 0.15) is 0 Å². The second-order valence-corrected chi connectivity index (χ2v) is 5.01. The summed E-state index contributed by atoms with van der Waals surface area (Å²) in [6, 6.07) is 9.15. The van der Waals surface area contributed by atoms with Gasteiger partial charge in [0.25, 0.3) is 0 Å². The van der Waals surface area contributed by atoms with Crippen LogP contribution in [0.15, 0.2) is 36.4 Å². The zero-order valence-electron chi connectivity index (χ0n) is 9.05. The minimum absolute atomic E-state index is 0.299. The average molecular weight is 356 g/mol. The van der Waals surface area contributed by atoms with Gasteiger partial charge in [0.1, 0.15) is 17.2 Å². The van der Waals surface area contributed by atoms with Gasteiger partial charge in [-0.15, -0.1) is 0 Å². The third kappa shape index (κ3) is 1.88. The fraction of sp³-hybridized carbons (Fsp3) is 0. The second-order valence-electron chi connectivity index (χ2n) is 3.85. The van der Waals surface area contributed by atoms with Crippen LogP contribution in [0.2, 0.25) is 0 Å². The summed E-state index contributed by atoms with van der Waals surface area (Å²) in [4.78, 5) is 7.25. The third-order valence-electron chi connectivity index (χ3n) is 2.65. The van der Waals surface area contributed by atoms with Gasteiger partial charge in [0.15, 0.2) is 5.82 Å². The van der Waals surface area contributed by atoms with E-state index in [1.165, 1.54) is 18.2 Å². The summed E-state index contributed by atoms with van der Waals surface area (Å²) < 4.78 is 27.3. The quantitative estimate of drug-likeness (QED) is 0.653. The van der Waals surface area contributed by atoms with Gasteiger partial charge in [-0.3, -0.25) is 0 Å². The van der Waals surface area contributed by atoms with Crippen molar-refractivity contribution >= 4 is 33.6 Å². The molecule has 2 aromatic carbocycles. The van der Waals surface area contributed by atoms with Crippen molar-refractivity contribution in [3.63, 3.8) is 0 Å². The van der Waals surface area contributed by atoms with Gasteiger partial charge in [-0.1, -0.05) is 6.07 Å². The van der Waals surface area contributed by atoms with Crippen molar-refractivity contribution in [3.05, 3.63) is 51.6 Å². The zero-order valence-corrected chi connectivity index (χ0v) is 11.2. The fourth-order valence-electron chi connectivity index (χ4n) is 1.81. The van der Waals surface area contributed by atoms with Crippen molar-refractivity contribution in [1.29, 1.82) is 0 Å². The first-order valence-electron chi connectivity index (χ1n) is 5.25. The molecule has 90 valence electrons. The van der Waals surface area contributed by atoms with Crippen molar-refractivity contribution < 1.29 is 8.78 Å². The predicted octanol–water partition coefficient (Wildman–Crippen LogP) is 4.11. The maximum atomic E-state index is 13.5. The van der Waals surface area contributed by atoms with E-state index in [0.717, 1.165) is 9.13 Å². The molecule has 0 bridgehead atoms. The maximum Gasteiger partial charge on any atom is 0.151 e. The molecule has 1 N–H and O–H groups in total. The number of hydrogen-bond acceptors (Lipinski definition) is 1. The number of imidazole rings is 1. The Hall–Kier alpha value is -1.50. The predicted molar refractivity (Wildman–Crippen MR) is 74.2 cm³/mol. The van der Waals surface area contributed by atoms with Crippen LogP contribution in [-0.4, -0.2) is 9.97 Å². The van der Waals surface area contributed by atoms with Gasteiger partial charge in [0.05, 0.1) is 5.52 Å². The molecule has 0 aliphatic heterocycles. The smallest absolute Gasteiger partial charge is 0.151 e. The molecule has 0 saturated heterocycles. The molecule has 0 spiro atoms. The van der Waals surface area contributed by atoms with E-state index in [4.69, 9.17) is 0 Å². The van der Waals surface area contributed by atoms with Crippen molar-refractivity contribution in [2.45, 2.75) is 0 Å². The number of fused-ring (bicyclic) bond motifs is 1. The summed E-state index contributed by atoms with van der Waals surface area (Å²) in [5.41, 5.74) is 1.69. The van der Waals surface area contributed by atoms with Crippen molar-refractivity contribution in [2.75, 3.05) is 0 Å². The molecule has 0 atom stereocenters. The van der Waals surface area contributed by atoms with Gasteiger partial charge in [0, 0.05) is 9.13 Å².